The van der Waals surface area contributed by atoms with Crippen molar-refractivity contribution in [2.24, 2.45) is 10.8 Å². The average Bonchev–Trinajstić information content (AvgIpc) is 2.28. The molecule has 20 heavy (non-hydrogen) atoms. The number of nitrogens with zero attached hydrogens (tertiary/aromatic N) is 1. The molecule has 0 aliphatic carbocycles. The number of hydrogen-bond donors (Lipinski definition) is 4. The molecular weight excluding hydrogens is 298 g/mol. The molecule has 0 radical (unpaired) electrons. The van der Waals surface area contributed by atoms with Crippen LogP contribution in [0.2, 0.25) is 0 Å². The van der Waals surface area contributed by atoms with Crippen LogP contribution in [0.15, 0.2) is 23.3 Å². The molecule has 0 spiro atoms. The third kappa shape index (κ3) is 5.42. The van der Waals surface area contributed by atoms with Gasteiger partial charge in [0.25, 0.3) is 0 Å². The molecule has 0 atom stereocenters. The largest absolute Gasteiger partial charge is 0.573 e. The van der Waals surface area contributed by atoms with E-state index in [1.807, 2.05) is 0 Å². The monoisotopic (exact) mass is 307 g/mol. The number of ether oxygens (including phenoxy) is 1. The van der Waals surface area contributed by atoms with Crippen LogP contribution in [0, 0.1) is 0 Å². The first-order valence-corrected chi connectivity index (χ1v) is 5.44. The van der Waals surface area contributed by atoms with Crippen molar-refractivity contribution in [1.29, 1.82) is 0 Å². The zero-order chi connectivity index (χ0) is 15.3. The van der Waals surface area contributed by atoms with Crippen molar-refractivity contribution in [3.8, 4) is 5.75 Å². The van der Waals surface area contributed by atoms with Crippen molar-refractivity contribution < 1.29 is 28.0 Å². The molecule has 0 unspecified atom stereocenters. The minimum absolute atomic E-state index is 0.0966. The van der Waals surface area contributed by atoms with Gasteiger partial charge in [-0.1, -0.05) is 0 Å². The van der Waals surface area contributed by atoms with E-state index in [2.05, 4.69) is 27.5 Å². The molecule has 0 aromatic heterocycles. The number of nitrogens with one attached hydrogen (secondary N) is 1. The fourth-order valence-corrected chi connectivity index (χ4v) is 1.29. The van der Waals surface area contributed by atoms with E-state index >= 15 is 0 Å². The molecule has 0 saturated heterocycles. The Hall–Kier alpha value is -1.85. The van der Waals surface area contributed by atoms with E-state index in [-0.39, 0.29) is 10.7 Å². The molecule has 0 aliphatic rings. The van der Waals surface area contributed by atoms with Crippen LogP contribution in [0.25, 0.3) is 0 Å². The predicted octanol–water partition coefficient (Wildman–Crippen LogP) is -0.568. The Morgan fingerprint density at radius 1 is 1.45 bits per heavy atom. The van der Waals surface area contributed by atoms with E-state index in [0.29, 0.717) is 0 Å². The van der Waals surface area contributed by atoms with Crippen LogP contribution in [0.3, 0.4) is 0 Å². The van der Waals surface area contributed by atoms with E-state index in [4.69, 9.17) is 15.8 Å². The predicted molar refractivity (Wildman–Crippen MR) is 70.5 cm³/mol. The minimum Gasteiger partial charge on any atom is -0.423 e. The van der Waals surface area contributed by atoms with Crippen LogP contribution >= 0.6 is 12.2 Å². The molecule has 0 aliphatic heterocycles. The van der Waals surface area contributed by atoms with E-state index in [1.54, 1.807) is 0 Å². The Labute approximate surface area is 117 Å². The molecule has 108 valence electrons. The van der Waals surface area contributed by atoms with Gasteiger partial charge in [0.2, 0.25) is 0 Å². The summed E-state index contributed by atoms with van der Waals surface area (Å²) in [6.45, 7) is 0. The summed E-state index contributed by atoms with van der Waals surface area (Å²) in [4.78, 5) is 0. The molecular formula is C9H9BF3N3O3S. The third-order valence-corrected chi connectivity index (χ3v) is 2.02. The Bertz CT molecular complexity index is 525. The second kappa shape index (κ2) is 6.54. The summed E-state index contributed by atoms with van der Waals surface area (Å²) in [6, 6.07) is 3.23. The molecule has 5 N–H and O–H groups in total. The first-order chi connectivity index (χ1) is 9.19. The number of alkyl halides is 3. The Morgan fingerprint density at radius 2 is 2.10 bits per heavy atom. The van der Waals surface area contributed by atoms with Gasteiger partial charge in [-0.05, 0) is 36.0 Å². The van der Waals surface area contributed by atoms with E-state index in [9.17, 15) is 13.2 Å². The molecule has 11 heteroatoms. The molecule has 1 rings (SSSR count). The minimum atomic E-state index is -4.94. The molecule has 1 aromatic carbocycles. The SMILES string of the molecule is NC(=S)NN=Cc1ccc(OC(F)(F)F)c(B(O)O)c1. The topological polar surface area (TPSA) is 100 Å². The van der Waals surface area contributed by atoms with Gasteiger partial charge in [-0.25, -0.2) is 0 Å². The average molecular weight is 307 g/mol. The number of nitrogens with two attached hydrogens (primary N) is 1. The zero-order valence-electron chi connectivity index (χ0n) is 9.76. The van der Waals surface area contributed by atoms with Crippen LogP contribution in [0.1, 0.15) is 5.56 Å². The highest BCUT2D eigenvalue weighted by Gasteiger charge is 2.33. The second-order valence-electron chi connectivity index (χ2n) is 3.45. The van der Waals surface area contributed by atoms with Gasteiger partial charge in [0.15, 0.2) is 5.11 Å². The normalized spacial score (nSPS) is 11.4. The maximum atomic E-state index is 12.1. The van der Waals surface area contributed by atoms with Gasteiger partial charge < -0.3 is 20.5 Å². The van der Waals surface area contributed by atoms with Gasteiger partial charge in [-0.15, -0.1) is 13.2 Å². The number of thiocarbonyl (C=S) groups is 1. The fourth-order valence-electron chi connectivity index (χ4n) is 1.24. The molecule has 0 amide bonds. The lowest BCUT2D eigenvalue weighted by Crippen LogP contribution is -2.34. The number of halogens is 3. The van der Waals surface area contributed by atoms with Gasteiger partial charge in [0, 0.05) is 5.46 Å². The number of rotatable bonds is 4. The summed E-state index contributed by atoms with van der Waals surface area (Å²) in [7, 11) is -2.13. The van der Waals surface area contributed by atoms with E-state index in [1.165, 1.54) is 12.3 Å². The van der Waals surface area contributed by atoms with Gasteiger partial charge in [0.1, 0.15) is 5.75 Å². The lowest BCUT2D eigenvalue weighted by molar-refractivity contribution is -0.274. The summed E-state index contributed by atoms with van der Waals surface area (Å²) >= 11 is 4.49. The van der Waals surface area contributed by atoms with Gasteiger partial charge in [-0.3, -0.25) is 5.43 Å². The third-order valence-electron chi connectivity index (χ3n) is 1.93. The van der Waals surface area contributed by atoms with Crippen molar-refractivity contribution in [1.82, 2.24) is 5.43 Å². The van der Waals surface area contributed by atoms with Gasteiger partial charge in [-0.2, -0.15) is 5.10 Å². The maximum absolute atomic E-state index is 12.1. The van der Waals surface area contributed by atoms with Crippen LogP contribution in [-0.4, -0.2) is 34.9 Å². The summed E-state index contributed by atoms with van der Waals surface area (Å²) in [5.41, 5.74) is 7.17. The highest BCUT2D eigenvalue weighted by Crippen LogP contribution is 2.21. The second-order valence-corrected chi connectivity index (χ2v) is 3.89. The van der Waals surface area contributed by atoms with Gasteiger partial charge >= 0.3 is 13.5 Å². The summed E-state index contributed by atoms with van der Waals surface area (Å²) in [5, 5.41) is 21.6. The molecule has 0 saturated carbocycles. The molecule has 1 aromatic rings. The first kappa shape index (κ1) is 16.2. The van der Waals surface area contributed by atoms with Crippen LogP contribution in [-0.2, 0) is 0 Å². The van der Waals surface area contributed by atoms with Crippen LogP contribution in [0.4, 0.5) is 13.2 Å². The van der Waals surface area contributed by atoms with Crippen molar-refractivity contribution in [3.63, 3.8) is 0 Å². The highest BCUT2D eigenvalue weighted by atomic mass is 32.1. The van der Waals surface area contributed by atoms with Crippen molar-refractivity contribution in [2.75, 3.05) is 0 Å². The molecule has 0 heterocycles. The van der Waals surface area contributed by atoms with Crippen molar-refractivity contribution in [2.45, 2.75) is 6.36 Å². The quantitative estimate of drug-likeness (QED) is 0.257. The number of hydrazone groups is 1. The highest BCUT2D eigenvalue weighted by molar-refractivity contribution is 7.80. The maximum Gasteiger partial charge on any atom is 0.573 e. The molecule has 0 fully saturated rings. The first-order valence-electron chi connectivity index (χ1n) is 5.03. The van der Waals surface area contributed by atoms with Crippen LogP contribution in [0.5, 0.6) is 5.75 Å². The number of benzene rings is 1. The lowest BCUT2D eigenvalue weighted by Gasteiger charge is -2.13. The lowest BCUT2D eigenvalue weighted by atomic mass is 9.79. The van der Waals surface area contributed by atoms with Crippen LogP contribution < -0.4 is 21.4 Å². The summed E-state index contributed by atoms with van der Waals surface area (Å²) in [6.07, 6.45) is -3.76. The molecule has 0 bridgehead atoms. The Balaban J connectivity index is 3.01. The van der Waals surface area contributed by atoms with Crippen molar-refractivity contribution in [3.05, 3.63) is 23.8 Å². The standard InChI is InChI=1S/C9H9BF3N3O3S/c11-9(12,13)19-7-2-1-5(3-6(7)10(17)18)4-15-16-8(14)20/h1-4,17-18H,(H3,14,16,20). The van der Waals surface area contributed by atoms with Gasteiger partial charge in [0.05, 0.1) is 6.21 Å². The number of hydrogen-bond acceptors (Lipinski definition) is 5. The van der Waals surface area contributed by atoms with Crippen molar-refractivity contribution >= 4 is 36.1 Å². The fraction of sp³-hybridized carbons (Fsp3) is 0.111. The van der Waals surface area contributed by atoms with E-state index in [0.717, 1.165) is 12.1 Å². The Morgan fingerprint density at radius 3 is 2.60 bits per heavy atom. The summed E-state index contributed by atoms with van der Waals surface area (Å²) < 4.78 is 40.1. The van der Waals surface area contributed by atoms with E-state index < -0.39 is 24.7 Å². The smallest absolute Gasteiger partial charge is 0.423 e. The summed E-state index contributed by atoms with van der Waals surface area (Å²) in [5.74, 6) is -0.716. The zero-order valence-corrected chi connectivity index (χ0v) is 10.6. The Kier molecular flexibility index (Phi) is 5.30. The molecule has 6 nitrogen and oxygen atoms in total.